The molecule has 0 saturated heterocycles. The predicted octanol–water partition coefficient (Wildman–Crippen LogP) is 2.59. The summed E-state index contributed by atoms with van der Waals surface area (Å²) in [6.45, 7) is 2.02. The summed E-state index contributed by atoms with van der Waals surface area (Å²) in [5.41, 5.74) is 0.0408. The van der Waals surface area contributed by atoms with Crippen molar-refractivity contribution >= 4 is 5.69 Å². The van der Waals surface area contributed by atoms with E-state index >= 15 is 0 Å². The first kappa shape index (κ1) is 12.8. The number of hydrogen-bond donors (Lipinski definition) is 1. The minimum absolute atomic E-state index is 0.0550. The van der Waals surface area contributed by atoms with E-state index in [1.807, 2.05) is 0 Å². The van der Waals surface area contributed by atoms with E-state index in [2.05, 4.69) is 0 Å². The largest absolute Gasteiger partial charge is 0.490 e. The van der Waals surface area contributed by atoms with E-state index in [1.165, 1.54) is 12.1 Å². The topological polar surface area (TPSA) is 72.6 Å². The van der Waals surface area contributed by atoms with Crippen LogP contribution in [0.4, 0.5) is 5.69 Å². The van der Waals surface area contributed by atoms with Gasteiger partial charge in [0.2, 0.25) is 0 Å². The van der Waals surface area contributed by atoms with Crippen LogP contribution in [0, 0.1) is 17.0 Å². The third-order valence-corrected chi connectivity index (χ3v) is 3.40. The molecule has 1 aromatic carbocycles. The zero-order valence-corrected chi connectivity index (χ0v) is 10.4. The Morgan fingerprint density at radius 1 is 1.44 bits per heavy atom. The number of hydrogen-bond acceptors (Lipinski definition) is 4. The minimum atomic E-state index is -0.728. The third kappa shape index (κ3) is 2.79. The molecule has 0 amide bonds. The molecule has 98 valence electrons. The molecule has 0 unspecified atom stereocenters. The van der Waals surface area contributed by atoms with Gasteiger partial charge in [-0.05, 0) is 31.4 Å². The van der Waals surface area contributed by atoms with Crippen molar-refractivity contribution in [2.24, 2.45) is 0 Å². The average Bonchev–Trinajstić information content (AvgIpc) is 2.75. The monoisotopic (exact) mass is 251 g/mol. The van der Waals surface area contributed by atoms with Crippen molar-refractivity contribution in [3.05, 3.63) is 33.9 Å². The van der Waals surface area contributed by atoms with Crippen LogP contribution >= 0.6 is 0 Å². The van der Waals surface area contributed by atoms with Crippen LogP contribution in [0.15, 0.2) is 18.2 Å². The number of ether oxygens (including phenoxy) is 1. The molecule has 1 fully saturated rings. The summed E-state index contributed by atoms with van der Waals surface area (Å²) in [5.74, 6) is 0.598. The fourth-order valence-corrected chi connectivity index (χ4v) is 2.30. The molecule has 0 bridgehead atoms. The fraction of sp³-hybridized carbons (Fsp3) is 0.538. The van der Waals surface area contributed by atoms with Crippen LogP contribution in [-0.2, 0) is 0 Å². The van der Waals surface area contributed by atoms with Crippen LogP contribution in [-0.4, -0.2) is 22.2 Å². The lowest BCUT2D eigenvalue weighted by Gasteiger charge is -2.22. The van der Waals surface area contributed by atoms with Gasteiger partial charge in [-0.15, -0.1) is 0 Å². The Balaban J connectivity index is 2.03. The Kier molecular flexibility index (Phi) is 3.52. The first-order valence-electron chi connectivity index (χ1n) is 6.10. The van der Waals surface area contributed by atoms with Crippen LogP contribution in [0.5, 0.6) is 5.75 Å². The van der Waals surface area contributed by atoms with E-state index in [9.17, 15) is 15.2 Å². The number of non-ortho nitro benzene ring substituents is 1. The molecule has 0 aliphatic heterocycles. The number of aliphatic hydroxyl groups is 1. The van der Waals surface area contributed by atoms with E-state index in [0.717, 1.165) is 25.7 Å². The highest BCUT2D eigenvalue weighted by Gasteiger charge is 2.32. The number of nitrogens with zero attached hydrogens (tertiary/aromatic N) is 1. The van der Waals surface area contributed by atoms with E-state index in [0.29, 0.717) is 11.3 Å². The highest BCUT2D eigenvalue weighted by atomic mass is 16.6. The Morgan fingerprint density at radius 3 is 2.67 bits per heavy atom. The van der Waals surface area contributed by atoms with E-state index in [4.69, 9.17) is 4.74 Å². The van der Waals surface area contributed by atoms with Crippen molar-refractivity contribution in [3.8, 4) is 5.75 Å². The minimum Gasteiger partial charge on any atom is -0.490 e. The molecular weight excluding hydrogens is 234 g/mol. The maximum atomic E-state index is 10.6. The Hall–Kier alpha value is -1.62. The second kappa shape index (κ2) is 4.94. The lowest BCUT2D eigenvalue weighted by atomic mass is 10.0. The molecular formula is C13H17NO4. The molecule has 0 heterocycles. The third-order valence-electron chi connectivity index (χ3n) is 3.40. The van der Waals surface area contributed by atoms with Crippen molar-refractivity contribution in [2.45, 2.75) is 38.2 Å². The van der Waals surface area contributed by atoms with Gasteiger partial charge in [0, 0.05) is 12.1 Å². The van der Waals surface area contributed by atoms with Crippen molar-refractivity contribution in [3.63, 3.8) is 0 Å². The van der Waals surface area contributed by atoms with Crippen LogP contribution in [0.3, 0.4) is 0 Å². The van der Waals surface area contributed by atoms with Gasteiger partial charge in [-0.3, -0.25) is 10.1 Å². The van der Waals surface area contributed by atoms with Gasteiger partial charge < -0.3 is 9.84 Å². The standard InChI is InChI=1S/C13H17NO4/c1-10-8-11(14(16)17)4-5-12(10)18-9-13(15)6-2-3-7-13/h4-5,8,15H,2-3,6-7,9H2,1H3. The lowest BCUT2D eigenvalue weighted by molar-refractivity contribution is -0.384. The first-order chi connectivity index (χ1) is 8.50. The molecule has 0 spiro atoms. The number of nitro groups is 1. The summed E-state index contributed by atoms with van der Waals surface area (Å²) in [7, 11) is 0. The van der Waals surface area contributed by atoms with Crippen LogP contribution in [0.1, 0.15) is 31.2 Å². The highest BCUT2D eigenvalue weighted by Crippen LogP contribution is 2.31. The molecule has 1 aliphatic rings. The van der Waals surface area contributed by atoms with Crippen molar-refractivity contribution in [1.82, 2.24) is 0 Å². The molecule has 0 radical (unpaired) electrons. The quantitative estimate of drug-likeness (QED) is 0.659. The number of aryl methyl sites for hydroxylation is 1. The van der Waals surface area contributed by atoms with Gasteiger partial charge in [0.15, 0.2) is 0 Å². The SMILES string of the molecule is Cc1cc([N+](=O)[O-])ccc1OCC1(O)CCCC1. The highest BCUT2D eigenvalue weighted by molar-refractivity contribution is 5.42. The molecule has 5 heteroatoms. The molecule has 18 heavy (non-hydrogen) atoms. The van der Waals surface area contributed by atoms with Gasteiger partial charge in [0.25, 0.3) is 5.69 Å². The van der Waals surface area contributed by atoms with Gasteiger partial charge in [-0.2, -0.15) is 0 Å². The number of nitro benzene ring substituents is 1. The predicted molar refractivity (Wildman–Crippen MR) is 66.7 cm³/mol. The number of rotatable bonds is 4. The van der Waals surface area contributed by atoms with Crippen molar-refractivity contribution < 1.29 is 14.8 Å². The summed E-state index contributed by atoms with van der Waals surface area (Å²) >= 11 is 0. The van der Waals surface area contributed by atoms with Crippen molar-refractivity contribution in [2.75, 3.05) is 6.61 Å². The van der Waals surface area contributed by atoms with Gasteiger partial charge in [0.05, 0.1) is 10.5 Å². The van der Waals surface area contributed by atoms with E-state index in [1.54, 1.807) is 13.0 Å². The first-order valence-corrected chi connectivity index (χ1v) is 6.10. The summed E-state index contributed by atoms with van der Waals surface area (Å²) in [4.78, 5) is 10.2. The number of benzene rings is 1. The van der Waals surface area contributed by atoms with Gasteiger partial charge in [-0.25, -0.2) is 0 Å². The molecule has 5 nitrogen and oxygen atoms in total. The van der Waals surface area contributed by atoms with E-state index in [-0.39, 0.29) is 12.3 Å². The van der Waals surface area contributed by atoms with E-state index < -0.39 is 10.5 Å². The molecule has 2 rings (SSSR count). The molecule has 0 aromatic heterocycles. The second-order valence-electron chi connectivity index (χ2n) is 4.93. The van der Waals surface area contributed by atoms with Crippen LogP contribution in [0.2, 0.25) is 0 Å². The molecule has 1 N–H and O–H groups in total. The maximum absolute atomic E-state index is 10.6. The smallest absolute Gasteiger partial charge is 0.269 e. The molecule has 1 aliphatic carbocycles. The Bertz CT molecular complexity index is 452. The second-order valence-corrected chi connectivity index (χ2v) is 4.93. The molecule has 1 saturated carbocycles. The zero-order chi connectivity index (χ0) is 13.2. The van der Waals surface area contributed by atoms with Crippen LogP contribution in [0.25, 0.3) is 0 Å². The summed E-state index contributed by atoms with van der Waals surface area (Å²) in [6, 6.07) is 4.49. The maximum Gasteiger partial charge on any atom is 0.269 e. The van der Waals surface area contributed by atoms with Crippen LogP contribution < -0.4 is 4.74 Å². The summed E-state index contributed by atoms with van der Waals surface area (Å²) < 4.78 is 5.59. The molecule has 1 aromatic rings. The summed E-state index contributed by atoms with van der Waals surface area (Å²) in [6.07, 6.45) is 3.58. The lowest BCUT2D eigenvalue weighted by Crippen LogP contribution is -2.32. The summed E-state index contributed by atoms with van der Waals surface area (Å²) in [5, 5.41) is 20.8. The normalized spacial score (nSPS) is 17.7. The Morgan fingerprint density at radius 2 is 2.11 bits per heavy atom. The van der Waals surface area contributed by atoms with Gasteiger partial charge in [-0.1, -0.05) is 12.8 Å². The Labute approximate surface area is 106 Å². The zero-order valence-electron chi connectivity index (χ0n) is 10.4. The van der Waals surface area contributed by atoms with Gasteiger partial charge in [0.1, 0.15) is 12.4 Å². The average molecular weight is 251 g/mol. The fourth-order valence-electron chi connectivity index (χ4n) is 2.30. The van der Waals surface area contributed by atoms with Crippen molar-refractivity contribution in [1.29, 1.82) is 0 Å². The van der Waals surface area contributed by atoms with Gasteiger partial charge >= 0.3 is 0 Å². The molecule has 0 atom stereocenters.